The zero-order valence-electron chi connectivity index (χ0n) is 11.7. The third kappa shape index (κ3) is 4.69. The fourth-order valence-electron chi connectivity index (χ4n) is 1.73. The topological polar surface area (TPSA) is 50.7 Å². The number of hydrogen-bond acceptors (Lipinski definition) is 5. The molecule has 0 spiro atoms. The van der Waals surface area contributed by atoms with E-state index in [2.05, 4.69) is 39.5 Å². The lowest BCUT2D eigenvalue weighted by atomic mass is 10.2. The predicted octanol–water partition coefficient (Wildman–Crippen LogP) is 2.58. The van der Waals surface area contributed by atoms with Crippen LogP contribution in [0.3, 0.4) is 0 Å². The second-order valence-corrected chi connectivity index (χ2v) is 5.99. The van der Waals surface area contributed by atoms with Gasteiger partial charge < -0.3 is 5.32 Å². The summed E-state index contributed by atoms with van der Waals surface area (Å²) in [5, 5.41) is 6.53. The number of rotatable bonds is 6. The van der Waals surface area contributed by atoms with Crippen molar-refractivity contribution in [3.63, 3.8) is 0 Å². The molecule has 0 aliphatic carbocycles. The van der Waals surface area contributed by atoms with Crippen LogP contribution in [0.2, 0.25) is 0 Å². The number of nitrogens with one attached hydrogen (secondary N) is 1. The fourth-order valence-corrected chi connectivity index (χ4v) is 2.50. The van der Waals surface area contributed by atoms with E-state index in [1.54, 1.807) is 11.3 Å². The molecule has 1 N–H and O–H groups in total. The minimum absolute atomic E-state index is 0.652. The second kappa shape index (κ2) is 6.73. The summed E-state index contributed by atoms with van der Waals surface area (Å²) in [5.41, 5.74) is 2.11. The van der Waals surface area contributed by atoms with Gasteiger partial charge in [0.05, 0.1) is 12.1 Å². The minimum atomic E-state index is 0.652. The van der Waals surface area contributed by atoms with Crippen molar-refractivity contribution in [1.29, 1.82) is 0 Å². The first kappa shape index (κ1) is 14.1. The van der Waals surface area contributed by atoms with Crippen molar-refractivity contribution in [2.75, 3.05) is 6.54 Å². The van der Waals surface area contributed by atoms with Gasteiger partial charge in [-0.3, -0.25) is 0 Å². The van der Waals surface area contributed by atoms with Crippen LogP contribution in [-0.2, 0) is 13.0 Å². The molecule has 19 heavy (non-hydrogen) atoms. The number of thiazole rings is 1. The Hall–Kier alpha value is -1.33. The Labute approximate surface area is 118 Å². The maximum Gasteiger partial charge on any atom is 0.135 e. The number of hydrogen-bond donors (Lipinski definition) is 1. The Morgan fingerprint density at radius 2 is 2.16 bits per heavy atom. The lowest BCUT2D eigenvalue weighted by Gasteiger charge is -2.07. The van der Waals surface area contributed by atoms with E-state index in [4.69, 9.17) is 0 Å². The van der Waals surface area contributed by atoms with Crippen molar-refractivity contribution in [3.8, 4) is 0 Å². The molecule has 0 atom stereocenters. The van der Waals surface area contributed by atoms with Gasteiger partial charge in [0.15, 0.2) is 0 Å². The van der Waals surface area contributed by atoms with Crippen molar-refractivity contribution in [2.24, 2.45) is 5.92 Å². The highest BCUT2D eigenvalue weighted by molar-refractivity contribution is 7.09. The van der Waals surface area contributed by atoms with Gasteiger partial charge in [-0.15, -0.1) is 11.3 Å². The summed E-state index contributed by atoms with van der Waals surface area (Å²) in [4.78, 5) is 13.3. The first-order valence-corrected chi connectivity index (χ1v) is 7.44. The SMILES string of the molecule is Cc1csc(Cc2nccc(CNCC(C)C)n2)n1. The van der Waals surface area contributed by atoms with Gasteiger partial charge in [-0.1, -0.05) is 13.8 Å². The van der Waals surface area contributed by atoms with Crippen LogP contribution in [-0.4, -0.2) is 21.5 Å². The van der Waals surface area contributed by atoms with Crippen LogP contribution in [0, 0.1) is 12.8 Å². The van der Waals surface area contributed by atoms with Crippen LogP contribution < -0.4 is 5.32 Å². The Morgan fingerprint density at radius 3 is 2.84 bits per heavy atom. The van der Waals surface area contributed by atoms with Gasteiger partial charge in [-0.05, 0) is 25.5 Å². The predicted molar refractivity (Wildman–Crippen MR) is 78.2 cm³/mol. The van der Waals surface area contributed by atoms with Crippen LogP contribution in [0.1, 0.15) is 36.1 Å². The molecule has 0 saturated carbocycles. The maximum absolute atomic E-state index is 4.57. The molecular weight excluding hydrogens is 256 g/mol. The van der Waals surface area contributed by atoms with Gasteiger partial charge in [0.2, 0.25) is 0 Å². The molecule has 2 aromatic heterocycles. The van der Waals surface area contributed by atoms with Gasteiger partial charge in [0, 0.05) is 23.8 Å². The summed E-state index contributed by atoms with van der Waals surface area (Å²) in [7, 11) is 0. The normalized spacial score (nSPS) is 11.2. The monoisotopic (exact) mass is 276 g/mol. The molecule has 102 valence electrons. The van der Waals surface area contributed by atoms with Crippen LogP contribution in [0.25, 0.3) is 0 Å². The molecule has 2 rings (SSSR count). The zero-order valence-corrected chi connectivity index (χ0v) is 12.5. The van der Waals surface area contributed by atoms with Gasteiger partial charge >= 0.3 is 0 Å². The lowest BCUT2D eigenvalue weighted by molar-refractivity contribution is 0.547. The third-order valence-electron chi connectivity index (χ3n) is 2.60. The Bertz CT molecular complexity index is 522. The van der Waals surface area contributed by atoms with E-state index in [0.29, 0.717) is 5.92 Å². The van der Waals surface area contributed by atoms with E-state index in [1.807, 2.05) is 19.2 Å². The van der Waals surface area contributed by atoms with E-state index in [9.17, 15) is 0 Å². The van der Waals surface area contributed by atoms with Crippen LogP contribution in [0.5, 0.6) is 0 Å². The average Bonchev–Trinajstić information content (AvgIpc) is 2.75. The summed E-state index contributed by atoms with van der Waals surface area (Å²) >= 11 is 1.67. The molecule has 2 heterocycles. The molecule has 0 aliphatic heterocycles. The highest BCUT2D eigenvalue weighted by Gasteiger charge is 2.04. The minimum Gasteiger partial charge on any atom is -0.311 e. The Balaban J connectivity index is 1.95. The van der Waals surface area contributed by atoms with Crippen molar-refractivity contribution in [1.82, 2.24) is 20.3 Å². The second-order valence-electron chi connectivity index (χ2n) is 5.05. The van der Waals surface area contributed by atoms with Crippen LogP contribution in [0.4, 0.5) is 0 Å². The fraction of sp³-hybridized carbons (Fsp3) is 0.500. The molecule has 0 bridgehead atoms. The van der Waals surface area contributed by atoms with Crippen molar-refractivity contribution < 1.29 is 0 Å². The summed E-state index contributed by atoms with van der Waals surface area (Å²) in [6.45, 7) is 8.20. The summed E-state index contributed by atoms with van der Waals surface area (Å²) in [6.07, 6.45) is 2.55. The molecule has 2 aromatic rings. The lowest BCUT2D eigenvalue weighted by Crippen LogP contribution is -2.20. The largest absolute Gasteiger partial charge is 0.311 e. The molecule has 0 radical (unpaired) electrons. The van der Waals surface area contributed by atoms with E-state index >= 15 is 0 Å². The highest BCUT2D eigenvalue weighted by Crippen LogP contribution is 2.12. The van der Waals surface area contributed by atoms with E-state index < -0.39 is 0 Å². The van der Waals surface area contributed by atoms with Gasteiger partial charge in [-0.25, -0.2) is 15.0 Å². The molecule has 4 nitrogen and oxygen atoms in total. The number of aryl methyl sites for hydroxylation is 1. The number of aromatic nitrogens is 3. The molecule has 0 unspecified atom stereocenters. The molecular formula is C14H20N4S. The molecule has 0 fully saturated rings. The highest BCUT2D eigenvalue weighted by atomic mass is 32.1. The summed E-state index contributed by atoms with van der Waals surface area (Å²) in [5.74, 6) is 1.50. The van der Waals surface area contributed by atoms with Crippen molar-refractivity contribution in [3.05, 3.63) is 39.9 Å². The molecule has 0 saturated heterocycles. The zero-order chi connectivity index (χ0) is 13.7. The van der Waals surface area contributed by atoms with Gasteiger partial charge in [-0.2, -0.15) is 0 Å². The molecule has 5 heteroatoms. The van der Waals surface area contributed by atoms with E-state index in [1.165, 1.54) is 0 Å². The molecule has 0 amide bonds. The molecule has 0 aromatic carbocycles. The van der Waals surface area contributed by atoms with Gasteiger partial charge in [0.25, 0.3) is 0 Å². The van der Waals surface area contributed by atoms with E-state index in [0.717, 1.165) is 41.7 Å². The van der Waals surface area contributed by atoms with E-state index in [-0.39, 0.29) is 0 Å². The quantitative estimate of drug-likeness (QED) is 0.881. The van der Waals surface area contributed by atoms with Crippen molar-refractivity contribution in [2.45, 2.75) is 33.7 Å². The van der Waals surface area contributed by atoms with Crippen LogP contribution in [0.15, 0.2) is 17.6 Å². The third-order valence-corrected chi connectivity index (χ3v) is 3.56. The summed E-state index contributed by atoms with van der Waals surface area (Å²) in [6, 6.07) is 1.96. The number of nitrogens with zero attached hydrogens (tertiary/aromatic N) is 3. The molecule has 0 aliphatic rings. The maximum atomic E-state index is 4.57. The summed E-state index contributed by atoms with van der Waals surface area (Å²) < 4.78 is 0. The first-order chi connectivity index (χ1) is 9.13. The Morgan fingerprint density at radius 1 is 1.32 bits per heavy atom. The smallest absolute Gasteiger partial charge is 0.135 e. The first-order valence-electron chi connectivity index (χ1n) is 6.56. The average molecular weight is 276 g/mol. The Kier molecular flexibility index (Phi) is 4.99. The van der Waals surface area contributed by atoms with Crippen molar-refractivity contribution >= 4 is 11.3 Å². The van der Waals surface area contributed by atoms with Crippen LogP contribution >= 0.6 is 11.3 Å². The standard InChI is InChI=1S/C14H20N4S/c1-10(2)7-15-8-12-4-5-16-13(18-12)6-14-17-11(3)9-19-14/h4-5,9-10,15H,6-8H2,1-3H3. The van der Waals surface area contributed by atoms with Gasteiger partial charge in [0.1, 0.15) is 10.8 Å².